The third-order valence-corrected chi connectivity index (χ3v) is 1.99. The Balaban J connectivity index is 3.12. The van der Waals surface area contributed by atoms with E-state index in [-0.39, 0.29) is 5.82 Å². The molecule has 0 amide bonds. The Labute approximate surface area is 77.0 Å². The molecule has 72 valence electrons. The Morgan fingerprint density at radius 2 is 2.08 bits per heavy atom. The van der Waals surface area contributed by atoms with Gasteiger partial charge in [0, 0.05) is 11.8 Å². The van der Waals surface area contributed by atoms with E-state index in [0.717, 1.165) is 5.56 Å². The maximum Gasteiger partial charge on any atom is 0.129 e. The van der Waals surface area contributed by atoms with Crippen LogP contribution in [0, 0.1) is 6.92 Å². The average molecular weight is 182 g/mol. The molecule has 1 heterocycles. The zero-order valence-corrected chi connectivity index (χ0v) is 7.73. The minimum absolute atomic E-state index is 0.272. The second-order valence-electron chi connectivity index (χ2n) is 3.11. The number of aliphatic hydroxyl groups excluding tert-OH is 2. The second-order valence-corrected chi connectivity index (χ2v) is 3.11. The summed E-state index contributed by atoms with van der Waals surface area (Å²) < 4.78 is 0. The predicted octanol–water partition coefficient (Wildman–Crippen LogP) is 0.386. The van der Waals surface area contributed by atoms with Crippen LogP contribution >= 0.6 is 0 Å². The number of aromatic nitrogens is 1. The van der Waals surface area contributed by atoms with Gasteiger partial charge >= 0.3 is 0 Å². The van der Waals surface area contributed by atoms with Gasteiger partial charge in [-0.05, 0) is 25.5 Å². The number of aryl methyl sites for hydroxylation is 1. The molecule has 2 atom stereocenters. The Hall–Kier alpha value is -1.13. The second kappa shape index (κ2) is 3.72. The van der Waals surface area contributed by atoms with E-state index < -0.39 is 12.2 Å². The highest BCUT2D eigenvalue weighted by molar-refractivity contribution is 5.45. The summed E-state index contributed by atoms with van der Waals surface area (Å²) in [5.74, 6) is 0.272. The van der Waals surface area contributed by atoms with Crippen LogP contribution in [0.4, 0.5) is 5.82 Å². The van der Waals surface area contributed by atoms with Crippen LogP contribution in [0.1, 0.15) is 24.2 Å². The van der Waals surface area contributed by atoms with E-state index in [1.54, 1.807) is 12.3 Å². The van der Waals surface area contributed by atoms with Gasteiger partial charge in [-0.25, -0.2) is 4.98 Å². The van der Waals surface area contributed by atoms with Crippen molar-refractivity contribution in [1.29, 1.82) is 0 Å². The van der Waals surface area contributed by atoms with Crippen molar-refractivity contribution in [3.05, 3.63) is 23.4 Å². The van der Waals surface area contributed by atoms with E-state index in [9.17, 15) is 10.2 Å². The molecule has 0 bridgehead atoms. The summed E-state index contributed by atoms with van der Waals surface area (Å²) in [7, 11) is 0. The van der Waals surface area contributed by atoms with Gasteiger partial charge in [-0.15, -0.1) is 0 Å². The minimum atomic E-state index is -0.964. The molecular weight excluding hydrogens is 168 g/mol. The standard InChI is InChI=1S/C9H14N2O2/c1-5-3-4-11-9(10)7(5)8(13)6(2)12/h3-4,6,8,12-13H,1-2H3,(H2,10,11). The molecule has 0 aliphatic carbocycles. The largest absolute Gasteiger partial charge is 0.390 e. The van der Waals surface area contributed by atoms with Gasteiger partial charge in [0.1, 0.15) is 11.9 Å². The molecule has 0 aromatic carbocycles. The highest BCUT2D eigenvalue weighted by Gasteiger charge is 2.18. The van der Waals surface area contributed by atoms with Crippen molar-refractivity contribution in [2.75, 3.05) is 5.73 Å². The van der Waals surface area contributed by atoms with Crippen LogP contribution in [0.3, 0.4) is 0 Å². The first-order valence-electron chi connectivity index (χ1n) is 4.11. The molecule has 0 radical (unpaired) electrons. The van der Waals surface area contributed by atoms with E-state index in [1.165, 1.54) is 6.92 Å². The molecule has 1 aromatic rings. The Morgan fingerprint density at radius 3 is 2.54 bits per heavy atom. The van der Waals surface area contributed by atoms with Crippen molar-refractivity contribution in [2.24, 2.45) is 0 Å². The van der Waals surface area contributed by atoms with Crippen molar-refractivity contribution in [3.8, 4) is 0 Å². The molecule has 13 heavy (non-hydrogen) atoms. The molecule has 4 heteroatoms. The maximum absolute atomic E-state index is 9.59. The first-order valence-corrected chi connectivity index (χ1v) is 4.11. The van der Waals surface area contributed by atoms with Gasteiger partial charge in [-0.2, -0.15) is 0 Å². The number of hydrogen-bond donors (Lipinski definition) is 3. The fourth-order valence-corrected chi connectivity index (χ4v) is 1.22. The molecule has 2 unspecified atom stereocenters. The minimum Gasteiger partial charge on any atom is -0.390 e. The van der Waals surface area contributed by atoms with Crippen LogP contribution in [0.15, 0.2) is 12.3 Å². The molecule has 4 N–H and O–H groups in total. The van der Waals surface area contributed by atoms with Crippen molar-refractivity contribution in [2.45, 2.75) is 26.1 Å². The molecule has 1 rings (SSSR count). The highest BCUT2D eigenvalue weighted by atomic mass is 16.3. The van der Waals surface area contributed by atoms with Crippen molar-refractivity contribution in [1.82, 2.24) is 4.98 Å². The SMILES string of the molecule is Cc1ccnc(N)c1C(O)C(C)O. The van der Waals surface area contributed by atoms with Crippen LogP contribution in [-0.2, 0) is 0 Å². The molecule has 0 spiro atoms. The molecular formula is C9H14N2O2. The fourth-order valence-electron chi connectivity index (χ4n) is 1.22. The number of rotatable bonds is 2. The predicted molar refractivity (Wildman–Crippen MR) is 50.0 cm³/mol. The Morgan fingerprint density at radius 1 is 1.46 bits per heavy atom. The summed E-state index contributed by atoms with van der Waals surface area (Å²) in [5, 5.41) is 18.8. The molecule has 4 nitrogen and oxygen atoms in total. The highest BCUT2D eigenvalue weighted by Crippen LogP contribution is 2.24. The molecule has 0 fully saturated rings. The van der Waals surface area contributed by atoms with Crippen molar-refractivity contribution < 1.29 is 10.2 Å². The molecule has 1 aromatic heterocycles. The topological polar surface area (TPSA) is 79.4 Å². The molecule has 0 aliphatic heterocycles. The smallest absolute Gasteiger partial charge is 0.129 e. The first-order chi connectivity index (χ1) is 6.04. The van der Waals surface area contributed by atoms with E-state index in [4.69, 9.17) is 5.73 Å². The third kappa shape index (κ3) is 1.96. The van der Waals surface area contributed by atoms with Crippen LogP contribution in [0.25, 0.3) is 0 Å². The van der Waals surface area contributed by atoms with Gasteiger partial charge in [0.05, 0.1) is 6.10 Å². The fraction of sp³-hybridized carbons (Fsp3) is 0.444. The lowest BCUT2D eigenvalue weighted by Gasteiger charge is -2.17. The summed E-state index contributed by atoms with van der Waals surface area (Å²) in [4.78, 5) is 3.85. The van der Waals surface area contributed by atoms with E-state index in [0.29, 0.717) is 5.56 Å². The lowest BCUT2D eigenvalue weighted by molar-refractivity contribution is 0.0304. The Bertz CT molecular complexity index is 279. The van der Waals surface area contributed by atoms with E-state index >= 15 is 0 Å². The first kappa shape index (κ1) is 9.95. The Kier molecular flexibility index (Phi) is 2.85. The lowest BCUT2D eigenvalue weighted by Crippen LogP contribution is -2.17. The number of anilines is 1. The number of nitrogens with zero attached hydrogens (tertiary/aromatic N) is 1. The monoisotopic (exact) mass is 182 g/mol. The van der Waals surface area contributed by atoms with Gasteiger partial charge in [0.15, 0.2) is 0 Å². The van der Waals surface area contributed by atoms with Gasteiger partial charge in [-0.3, -0.25) is 0 Å². The average Bonchev–Trinajstić information content (AvgIpc) is 2.03. The molecule has 0 aliphatic rings. The zero-order valence-electron chi connectivity index (χ0n) is 7.73. The van der Waals surface area contributed by atoms with Crippen LogP contribution in [-0.4, -0.2) is 21.3 Å². The number of hydrogen-bond acceptors (Lipinski definition) is 4. The van der Waals surface area contributed by atoms with Crippen molar-refractivity contribution >= 4 is 5.82 Å². The van der Waals surface area contributed by atoms with Gasteiger partial charge in [0.25, 0.3) is 0 Å². The number of aliphatic hydroxyl groups is 2. The van der Waals surface area contributed by atoms with Gasteiger partial charge < -0.3 is 15.9 Å². The summed E-state index contributed by atoms with van der Waals surface area (Å²) >= 11 is 0. The maximum atomic E-state index is 9.59. The number of nitrogens with two attached hydrogens (primary N) is 1. The molecule has 0 saturated carbocycles. The van der Waals surface area contributed by atoms with E-state index in [1.807, 2.05) is 6.92 Å². The number of nitrogen functional groups attached to an aromatic ring is 1. The van der Waals surface area contributed by atoms with Crippen LogP contribution < -0.4 is 5.73 Å². The summed E-state index contributed by atoms with van der Waals surface area (Å²) in [6.07, 6.45) is -0.234. The van der Waals surface area contributed by atoms with E-state index in [2.05, 4.69) is 4.98 Å². The third-order valence-electron chi connectivity index (χ3n) is 1.99. The van der Waals surface area contributed by atoms with Crippen LogP contribution in [0.5, 0.6) is 0 Å². The van der Waals surface area contributed by atoms with Gasteiger partial charge in [0.2, 0.25) is 0 Å². The van der Waals surface area contributed by atoms with Crippen molar-refractivity contribution in [3.63, 3.8) is 0 Å². The lowest BCUT2D eigenvalue weighted by atomic mass is 10.0. The number of pyridine rings is 1. The summed E-state index contributed by atoms with van der Waals surface area (Å²) in [6, 6.07) is 1.75. The molecule has 0 saturated heterocycles. The summed E-state index contributed by atoms with van der Waals surface area (Å²) in [5.41, 5.74) is 6.92. The normalized spacial score (nSPS) is 15.4. The summed E-state index contributed by atoms with van der Waals surface area (Å²) in [6.45, 7) is 3.33. The van der Waals surface area contributed by atoms with Gasteiger partial charge in [-0.1, -0.05) is 0 Å². The quantitative estimate of drug-likeness (QED) is 0.618. The van der Waals surface area contributed by atoms with Crippen LogP contribution in [0.2, 0.25) is 0 Å². The zero-order chi connectivity index (χ0) is 10.0.